The number of carboxylic acids is 3. The number of carboxylic acid groups (broad SMARTS) is 3. The molecule has 8 heteroatoms. The number of ketones is 1. The van der Waals surface area contributed by atoms with Crippen molar-refractivity contribution in [1.82, 2.24) is 0 Å². The second-order valence-electron chi connectivity index (χ2n) is 19.9. The van der Waals surface area contributed by atoms with Crippen LogP contribution < -0.4 is 0 Å². The van der Waals surface area contributed by atoms with Crippen molar-refractivity contribution in [3.63, 3.8) is 0 Å². The highest BCUT2D eigenvalue weighted by Gasteiger charge is 2.69. The molecular weight excluding hydrogens is 753 g/mol. The third kappa shape index (κ3) is 25.2. The van der Waals surface area contributed by atoms with Crippen molar-refractivity contribution in [3.05, 3.63) is 0 Å². The molecular formula is C52H98O8. The van der Waals surface area contributed by atoms with Crippen LogP contribution in [0.5, 0.6) is 0 Å². The van der Waals surface area contributed by atoms with Crippen LogP contribution in [0.15, 0.2) is 0 Å². The summed E-state index contributed by atoms with van der Waals surface area (Å²) in [5.74, 6) is -5.30. The molecule has 0 aliphatic heterocycles. The van der Waals surface area contributed by atoms with Crippen LogP contribution in [0.1, 0.15) is 267 Å². The van der Waals surface area contributed by atoms with Gasteiger partial charge in [0.25, 0.3) is 0 Å². The molecule has 0 saturated heterocycles. The predicted molar refractivity (Wildman–Crippen MR) is 250 cm³/mol. The van der Waals surface area contributed by atoms with E-state index in [1.807, 2.05) is 0 Å². The van der Waals surface area contributed by atoms with E-state index in [0.29, 0.717) is 38.5 Å². The molecule has 0 aliphatic carbocycles. The summed E-state index contributed by atoms with van der Waals surface area (Å²) in [6.45, 7) is 15.2. The van der Waals surface area contributed by atoms with Gasteiger partial charge in [-0.2, -0.15) is 0 Å². The first-order chi connectivity index (χ1) is 28.7. The van der Waals surface area contributed by atoms with Gasteiger partial charge in [0, 0.05) is 13.0 Å². The Balaban J connectivity index is 6.07. The second-order valence-corrected chi connectivity index (χ2v) is 19.9. The van der Waals surface area contributed by atoms with Crippen molar-refractivity contribution in [1.29, 1.82) is 0 Å². The largest absolute Gasteiger partial charge is 0.481 e. The SMILES string of the molecule is CCCC(=O)C(C(=O)O)C(OCCCCCCCCCCCC(C)C)(C(=O)O)C(CCCCCCCCCCCC(C)C)(CCCCCCCCCCCC(C)C)C(=O)O. The molecule has 0 rings (SSSR count). The van der Waals surface area contributed by atoms with Crippen molar-refractivity contribution >= 4 is 23.7 Å². The molecule has 0 aliphatic rings. The molecule has 0 amide bonds. The predicted octanol–water partition coefficient (Wildman–Crippen LogP) is 15.4. The number of carbonyl (C=O) groups excluding carboxylic acids is 1. The molecule has 0 heterocycles. The summed E-state index contributed by atoms with van der Waals surface area (Å²) in [6.07, 6.45) is 31.3. The van der Waals surface area contributed by atoms with Gasteiger partial charge in [0.05, 0.1) is 0 Å². The average molecular weight is 851 g/mol. The van der Waals surface area contributed by atoms with Gasteiger partial charge in [-0.1, -0.05) is 235 Å². The fourth-order valence-electron chi connectivity index (χ4n) is 9.24. The van der Waals surface area contributed by atoms with Gasteiger partial charge in [-0.25, -0.2) is 4.79 Å². The summed E-state index contributed by atoms with van der Waals surface area (Å²) >= 11 is 0. The van der Waals surface area contributed by atoms with Crippen LogP contribution in [0.3, 0.4) is 0 Å². The summed E-state index contributed by atoms with van der Waals surface area (Å²) in [5.41, 5.74) is -4.80. The first-order valence-corrected chi connectivity index (χ1v) is 25.6. The van der Waals surface area contributed by atoms with Crippen molar-refractivity contribution in [3.8, 4) is 0 Å². The molecule has 0 bridgehead atoms. The Morgan fingerprint density at radius 1 is 0.433 bits per heavy atom. The van der Waals surface area contributed by atoms with E-state index in [4.69, 9.17) is 4.74 Å². The molecule has 0 aromatic heterocycles. The monoisotopic (exact) mass is 851 g/mol. The van der Waals surface area contributed by atoms with E-state index in [9.17, 15) is 34.5 Å². The smallest absolute Gasteiger partial charge is 0.338 e. The summed E-state index contributed by atoms with van der Waals surface area (Å²) in [7, 11) is 0. The van der Waals surface area contributed by atoms with Gasteiger partial charge in [0.15, 0.2) is 11.7 Å². The lowest BCUT2D eigenvalue weighted by atomic mass is 9.59. The van der Waals surface area contributed by atoms with Crippen LogP contribution in [0.2, 0.25) is 0 Å². The van der Waals surface area contributed by atoms with Gasteiger partial charge < -0.3 is 20.1 Å². The Kier molecular flexibility index (Phi) is 35.3. The zero-order chi connectivity index (χ0) is 45.1. The number of rotatable bonds is 45. The Labute approximate surface area is 369 Å². The highest BCUT2D eigenvalue weighted by atomic mass is 16.5. The third-order valence-electron chi connectivity index (χ3n) is 12.9. The molecule has 0 aromatic carbocycles. The summed E-state index contributed by atoms with van der Waals surface area (Å²) in [6, 6.07) is 0. The molecule has 354 valence electrons. The van der Waals surface area contributed by atoms with Crippen molar-refractivity contribution < 1.29 is 39.2 Å². The Morgan fingerprint density at radius 3 is 1.00 bits per heavy atom. The van der Waals surface area contributed by atoms with Crippen molar-refractivity contribution in [2.75, 3.05) is 6.61 Å². The molecule has 3 N–H and O–H groups in total. The van der Waals surface area contributed by atoms with E-state index in [1.54, 1.807) is 6.92 Å². The molecule has 2 unspecified atom stereocenters. The number of hydrogen-bond donors (Lipinski definition) is 3. The van der Waals surface area contributed by atoms with E-state index in [-0.39, 0.29) is 25.9 Å². The molecule has 0 saturated carbocycles. The normalized spacial score (nSPS) is 13.6. The summed E-state index contributed by atoms with van der Waals surface area (Å²) in [4.78, 5) is 54.6. The Morgan fingerprint density at radius 2 is 0.733 bits per heavy atom. The lowest BCUT2D eigenvalue weighted by Gasteiger charge is -2.47. The molecule has 0 aromatic rings. The van der Waals surface area contributed by atoms with E-state index < -0.39 is 40.6 Å². The highest BCUT2D eigenvalue weighted by Crippen LogP contribution is 2.50. The number of Topliss-reactive ketones (excluding diaryl/α,β-unsaturated/α-hetero) is 1. The van der Waals surface area contributed by atoms with Crippen LogP contribution in [0.4, 0.5) is 0 Å². The van der Waals surface area contributed by atoms with Gasteiger partial charge >= 0.3 is 17.9 Å². The lowest BCUT2D eigenvalue weighted by Crippen LogP contribution is -2.67. The van der Waals surface area contributed by atoms with Crippen LogP contribution >= 0.6 is 0 Å². The molecule has 0 spiro atoms. The number of carbonyl (C=O) groups is 4. The third-order valence-corrected chi connectivity index (χ3v) is 12.9. The first kappa shape index (κ1) is 58.0. The Hall–Kier alpha value is -1.96. The second kappa shape index (κ2) is 36.5. The van der Waals surface area contributed by atoms with E-state index in [1.165, 1.54) is 96.3 Å². The van der Waals surface area contributed by atoms with Crippen LogP contribution in [-0.2, 0) is 23.9 Å². The number of unbranched alkanes of at least 4 members (excludes halogenated alkanes) is 24. The maximum absolute atomic E-state index is 13.8. The number of hydrogen-bond acceptors (Lipinski definition) is 5. The minimum atomic E-state index is -2.72. The zero-order valence-electron chi connectivity index (χ0n) is 40.4. The highest BCUT2D eigenvalue weighted by molar-refractivity contribution is 6.06. The fraction of sp³-hybridized carbons (Fsp3) is 0.923. The van der Waals surface area contributed by atoms with Crippen LogP contribution in [-0.4, -0.2) is 51.2 Å². The van der Waals surface area contributed by atoms with Gasteiger partial charge in [-0.05, 0) is 43.4 Å². The topological polar surface area (TPSA) is 138 Å². The molecule has 8 nitrogen and oxygen atoms in total. The lowest BCUT2D eigenvalue weighted by molar-refractivity contribution is -0.219. The summed E-state index contributed by atoms with van der Waals surface area (Å²) < 4.78 is 6.33. The van der Waals surface area contributed by atoms with E-state index in [2.05, 4.69) is 41.5 Å². The Bertz CT molecular complexity index is 1050. The van der Waals surface area contributed by atoms with Crippen molar-refractivity contribution in [2.45, 2.75) is 272 Å². The van der Waals surface area contributed by atoms with E-state index in [0.717, 1.165) is 82.0 Å². The first-order valence-electron chi connectivity index (χ1n) is 25.6. The maximum atomic E-state index is 13.8. The zero-order valence-corrected chi connectivity index (χ0v) is 40.4. The summed E-state index contributed by atoms with van der Waals surface area (Å²) in [5, 5.41) is 33.2. The number of ether oxygens (including phenoxy) is 1. The van der Waals surface area contributed by atoms with Gasteiger partial charge in [0.2, 0.25) is 5.60 Å². The molecule has 0 radical (unpaired) electrons. The average Bonchev–Trinajstić information content (AvgIpc) is 3.17. The maximum Gasteiger partial charge on any atom is 0.338 e. The van der Waals surface area contributed by atoms with Gasteiger partial charge in [-0.3, -0.25) is 14.4 Å². The molecule has 60 heavy (non-hydrogen) atoms. The van der Waals surface area contributed by atoms with Crippen LogP contribution in [0, 0.1) is 29.1 Å². The minimum absolute atomic E-state index is 0.0411. The quantitative estimate of drug-likeness (QED) is 0.0407. The molecule has 2 atom stereocenters. The van der Waals surface area contributed by atoms with Gasteiger partial charge in [-0.15, -0.1) is 0 Å². The molecule has 0 fully saturated rings. The van der Waals surface area contributed by atoms with Gasteiger partial charge in [0.1, 0.15) is 5.41 Å². The van der Waals surface area contributed by atoms with E-state index >= 15 is 0 Å². The number of aliphatic carboxylic acids is 3. The van der Waals surface area contributed by atoms with Crippen LogP contribution in [0.25, 0.3) is 0 Å². The standard InChI is InChI=1S/C52H98O8/c1-8-36-46(53)47(48(54)55)52(50(58)59,60-42-35-29-23-17-11-14-20-26-32-39-45(6)7)51(49(56)57,40-33-27-21-15-9-12-18-24-30-37-43(2)3)41-34-28-22-16-10-13-19-25-31-38-44(4)5/h43-45,47H,8-42H2,1-7H3,(H,54,55)(H,56,57)(H,58,59). The van der Waals surface area contributed by atoms with Crippen molar-refractivity contribution in [2.24, 2.45) is 29.1 Å². The fourth-order valence-corrected chi connectivity index (χ4v) is 9.24. The minimum Gasteiger partial charge on any atom is -0.481 e.